The van der Waals surface area contributed by atoms with Gasteiger partial charge in [0.25, 0.3) is 0 Å². The van der Waals surface area contributed by atoms with Crippen molar-refractivity contribution >= 4 is 8.17 Å². The van der Waals surface area contributed by atoms with Crippen LogP contribution in [0.25, 0.3) is 0 Å². The summed E-state index contributed by atoms with van der Waals surface area (Å²) in [4.78, 5) is 22.1. The molecular weight excluding hydrogens is 443 g/mol. The Kier molecular flexibility index (Phi) is 6.52. The van der Waals surface area contributed by atoms with Gasteiger partial charge >= 0.3 is 207 Å². The third kappa shape index (κ3) is 5.61. The van der Waals surface area contributed by atoms with Gasteiger partial charge in [0.15, 0.2) is 0 Å². The third-order valence-corrected chi connectivity index (χ3v) is 7.47. The summed E-state index contributed by atoms with van der Waals surface area (Å²) in [6.45, 7) is 26.0. The summed E-state index contributed by atoms with van der Waals surface area (Å²) in [5.74, 6) is 1.09. The summed E-state index contributed by atoms with van der Waals surface area (Å²) in [6.07, 6.45) is 0.592. The van der Waals surface area contributed by atoms with Gasteiger partial charge in [-0.15, -0.1) is 0 Å². The molecule has 1 aliphatic rings. The zero-order valence-corrected chi connectivity index (χ0v) is 24.2. The van der Waals surface area contributed by atoms with E-state index in [0.29, 0.717) is 17.9 Å². The van der Waals surface area contributed by atoms with Crippen molar-refractivity contribution in [2.75, 3.05) is 0 Å². The molecule has 5 heteroatoms. The average molecular weight is 489 g/mol. The molecule has 2 aromatic carbocycles. The van der Waals surface area contributed by atoms with E-state index in [4.69, 9.17) is 9.05 Å². The molecule has 0 unspecified atom stereocenters. The molecule has 4 nitrogen and oxygen atoms in total. The van der Waals surface area contributed by atoms with Crippen molar-refractivity contribution in [2.45, 2.75) is 111 Å². The van der Waals surface area contributed by atoms with Gasteiger partial charge in [-0.2, -0.15) is 0 Å². The topological polar surface area (TPSA) is 58.9 Å². The van der Waals surface area contributed by atoms with E-state index in [9.17, 15) is 9.79 Å². The maximum absolute atomic E-state index is 11.1. The first-order valence-electron chi connectivity index (χ1n) is 12.3. The molecule has 1 heterocycles. The summed E-state index contributed by atoms with van der Waals surface area (Å²) in [7, 11) is -4.52. The number of benzene rings is 2. The minimum atomic E-state index is -4.52. The molecule has 0 aliphatic carbocycles. The molecule has 0 fully saturated rings. The fourth-order valence-electron chi connectivity index (χ4n) is 4.35. The van der Waals surface area contributed by atoms with E-state index in [1.54, 1.807) is 0 Å². The van der Waals surface area contributed by atoms with Gasteiger partial charge in [-0.25, -0.2) is 0 Å². The maximum atomic E-state index is 11.1. The van der Waals surface area contributed by atoms with Crippen LogP contribution in [0.3, 0.4) is 0 Å². The summed E-state index contributed by atoms with van der Waals surface area (Å²) in [6, 6.07) is 8.64. The normalized spacial score (nSPS) is 17.5. The molecule has 0 aromatic heterocycles. The van der Waals surface area contributed by atoms with Gasteiger partial charge in [-0.3, -0.25) is 0 Å². The molecule has 2 aromatic rings. The first kappa shape index (κ1) is 27.0. The first-order valence-corrected chi connectivity index (χ1v) is 14.0. The van der Waals surface area contributed by atoms with Crippen molar-refractivity contribution in [3.63, 3.8) is 0 Å². The zero-order valence-electron chi connectivity index (χ0n) is 23.2. The van der Waals surface area contributed by atoms with Gasteiger partial charge in [0, 0.05) is 0 Å². The Balaban J connectivity index is 2.42. The second kappa shape index (κ2) is 8.22. The van der Waals surface area contributed by atoms with Crippen LogP contribution in [0.5, 0.6) is 11.5 Å². The predicted molar refractivity (Wildman–Crippen MR) is 144 cm³/mol. The van der Waals surface area contributed by atoms with Crippen LogP contribution in [0.2, 0.25) is 0 Å². The van der Waals surface area contributed by atoms with Gasteiger partial charge in [0.2, 0.25) is 0 Å². The quantitative estimate of drug-likeness (QED) is 0.374. The van der Waals surface area contributed by atoms with Crippen molar-refractivity contribution < 1.29 is 18.8 Å². The Morgan fingerprint density at radius 1 is 0.559 bits per heavy atom. The molecule has 0 saturated carbocycles. The molecule has 0 atom stereocenters. The molecule has 190 valence electrons. The molecule has 0 amide bonds. The monoisotopic (exact) mass is 488 g/mol. The Morgan fingerprint density at radius 2 is 0.882 bits per heavy atom. The number of hydrogen-bond donors (Lipinski definition) is 2. The summed E-state index contributed by atoms with van der Waals surface area (Å²) in [5.41, 5.74) is 5.64. The average Bonchev–Trinajstić information content (AvgIpc) is 2.58. The minimum absolute atomic E-state index is 0.0620. The van der Waals surface area contributed by atoms with Crippen LogP contribution >= 0.6 is 8.17 Å². The van der Waals surface area contributed by atoms with Crippen molar-refractivity contribution in [1.82, 2.24) is 0 Å². The van der Waals surface area contributed by atoms with Crippen molar-refractivity contribution in [1.29, 1.82) is 0 Å². The standard InChI is InChI=1S/C29H45O4P/c1-26(2,3)20-14-18-13-19-15-21(27(4,5)6)17-23(29(10,11)12)25(19)33-34(30,31)32-24(18)22(16-20)28(7,8)9/h14-17,30-31,34H,13H2,1-12H3. The van der Waals surface area contributed by atoms with E-state index in [1.807, 2.05) is 0 Å². The summed E-state index contributed by atoms with van der Waals surface area (Å²) >= 11 is 0. The second-order valence-corrected chi connectivity index (χ2v) is 15.5. The van der Waals surface area contributed by atoms with Crippen LogP contribution in [0, 0.1) is 0 Å². The van der Waals surface area contributed by atoms with Gasteiger partial charge in [0.05, 0.1) is 0 Å². The van der Waals surface area contributed by atoms with Gasteiger partial charge in [0.1, 0.15) is 0 Å². The predicted octanol–water partition coefficient (Wildman–Crippen LogP) is 7.63. The van der Waals surface area contributed by atoms with E-state index in [1.165, 1.54) is 11.1 Å². The SMILES string of the molecule is CC(C)(C)c1cc2c(c(C(C)(C)C)c1)O[PH](O)(O)Oc1c(cc(C(C)(C)C)cc1C(C)(C)C)C2. The van der Waals surface area contributed by atoms with E-state index < -0.39 is 8.17 Å². The van der Waals surface area contributed by atoms with Crippen LogP contribution in [0.1, 0.15) is 116 Å². The second-order valence-electron chi connectivity index (χ2n) is 14.0. The van der Waals surface area contributed by atoms with E-state index in [0.717, 1.165) is 22.3 Å². The third-order valence-electron chi connectivity index (χ3n) is 6.53. The van der Waals surface area contributed by atoms with Crippen molar-refractivity contribution in [2.24, 2.45) is 0 Å². The van der Waals surface area contributed by atoms with Crippen LogP contribution in [-0.2, 0) is 28.1 Å². The molecule has 3 rings (SSSR count). The van der Waals surface area contributed by atoms with E-state index >= 15 is 0 Å². The molecule has 0 saturated heterocycles. The van der Waals surface area contributed by atoms with Crippen molar-refractivity contribution in [3.8, 4) is 11.5 Å². The van der Waals surface area contributed by atoms with Crippen LogP contribution in [0.4, 0.5) is 0 Å². The number of fused-ring (bicyclic) bond motifs is 2. The molecule has 2 N–H and O–H groups in total. The Labute approximate surface area is 207 Å². The Morgan fingerprint density at radius 3 is 1.15 bits per heavy atom. The van der Waals surface area contributed by atoms with Crippen LogP contribution in [0.15, 0.2) is 24.3 Å². The zero-order chi connectivity index (χ0) is 26.1. The van der Waals surface area contributed by atoms with Crippen LogP contribution in [-0.4, -0.2) is 9.79 Å². The molecule has 1 aliphatic heterocycles. The van der Waals surface area contributed by atoms with Gasteiger partial charge in [-0.05, 0) is 0 Å². The Bertz CT molecular complexity index is 1000. The molecule has 34 heavy (non-hydrogen) atoms. The summed E-state index contributed by atoms with van der Waals surface area (Å²) in [5, 5.41) is 0. The molecule has 0 bridgehead atoms. The van der Waals surface area contributed by atoms with Crippen molar-refractivity contribution in [3.05, 3.63) is 57.6 Å². The summed E-state index contributed by atoms with van der Waals surface area (Å²) < 4.78 is 12.0. The number of hydrogen-bond acceptors (Lipinski definition) is 4. The fourth-order valence-corrected chi connectivity index (χ4v) is 5.41. The molecular formula is C29H45O4P. The number of rotatable bonds is 0. The van der Waals surface area contributed by atoms with Crippen LogP contribution < -0.4 is 9.05 Å². The Hall–Kier alpha value is -1.61. The van der Waals surface area contributed by atoms with Gasteiger partial charge < -0.3 is 0 Å². The first-order chi connectivity index (χ1) is 15.1. The fraction of sp³-hybridized carbons (Fsp3) is 0.586. The molecule has 0 spiro atoms. The van der Waals surface area contributed by atoms with Gasteiger partial charge in [-0.1, -0.05) is 0 Å². The molecule has 0 radical (unpaired) electrons. The van der Waals surface area contributed by atoms with E-state index in [2.05, 4.69) is 107 Å². The van der Waals surface area contributed by atoms with E-state index in [-0.39, 0.29) is 21.7 Å².